The van der Waals surface area contributed by atoms with Gasteiger partial charge in [-0.3, -0.25) is 4.79 Å². The normalized spacial score (nSPS) is 24.3. The zero-order chi connectivity index (χ0) is 12.5. The standard InChI is InChI=1S/C12H19N5O/c1-9-6-16(5-4-13-9)12(18)8-17-7-11(14-15-17)10-2-3-10/h7,9-10,13H,2-6,8H2,1H3. The van der Waals surface area contributed by atoms with E-state index < -0.39 is 0 Å². The minimum Gasteiger partial charge on any atom is -0.338 e. The zero-order valence-corrected chi connectivity index (χ0v) is 10.7. The van der Waals surface area contributed by atoms with Gasteiger partial charge in [-0.2, -0.15) is 0 Å². The number of piperazine rings is 1. The second-order valence-corrected chi connectivity index (χ2v) is 5.31. The highest BCUT2D eigenvalue weighted by molar-refractivity contribution is 5.76. The molecule has 18 heavy (non-hydrogen) atoms. The van der Waals surface area contributed by atoms with Gasteiger partial charge < -0.3 is 10.2 Å². The van der Waals surface area contributed by atoms with E-state index in [0.29, 0.717) is 18.5 Å². The Hall–Kier alpha value is -1.43. The maximum absolute atomic E-state index is 12.1. The van der Waals surface area contributed by atoms with Crippen LogP contribution < -0.4 is 5.32 Å². The molecular weight excluding hydrogens is 230 g/mol. The van der Waals surface area contributed by atoms with Crippen LogP contribution in [0.15, 0.2) is 6.20 Å². The average molecular weight is 249 g/mol. The van der Waals surface area contributed by atoms with Gasteiger partial charge in [-0.25, -0.2) is 4.68 Å². The van der Waals surface area contributed by atoms with Gasteiger partial charge in [-0.05, 0) is 19.8 Å². The summed E-state index contributed by atoms with van der Waals surface area (Å²) in [5.41, 5.74) is 1.04. The first kappa shape index (κ1) is 11.6. The van der Waals surface area contributed by atoms with Crippen molar-refractivity contribution in [3.8, 4) is 0 Å². The second-order valence-electron chi connectivity index (χ2n) is 5.31. The molecule has 1 saturated carbocycles. The van der Waals surface area contributed by atoms with Crippen LogP contribution in [-0.2, 0) is 11.3 Å². The topological polar surface area (TPSA) is 63.1 Å². The van der Waals surface area contributed by atoms with Crippen LogP contribution in [0.3, 0.4) is 0 Å². The fourth-order valence-corrected chi connectivity index (χ4v) is 2.35. The molecule has 0 spiro atoms. The minimum absolute atomic E-state index is 0.135. The van der Waals surface area contributed by atoms with Crippen molar-refractivity contribution in [2.45, 2.75) is 38.3 Å². The van der Waals surface area contributed by atoms with Crippen molar-refractivity contribution in [2.75, 3.05) is 19.6 Å². The number of carbonyl (C=O) groups is 1. The lowest BCUT2D eigenvalue weighted by Gasteiger charge is -2.31. The average Bonchev–Trinajstić information content (AvgIpc) is 3.11. The predicted octanol–water partition coefficient (Wildman–Crippen LogP) is -0.0242. The maximum atomic E-state index is 12.1. The van der Waals surface area contributed by atoms with Crippen molar-refractivity contribution in [2.24, 2.45) is 0 Å². The number of nitrogens with zero attached hydrogens (tertiary/aromatic N) is 4. The highest BCUT2D eigenvalue weighted by Gasteiger charge is 2.27. The summed E-state index contributed by atoms with van der Waals surface area (Å²) < 4.78 is 1.67. The van der Waals surface area contributed by atoms with E-state index in [9.17, 15) is 4.79 Å². The van der Waals surface area contributed by atoms with Crippen molar-refractivity contribution < 1.29 is 4.79 Å². The highest BCUT2D eigenvalue weighted by atomic mass is 16.2. The van der Waals surface area contributed by atoms with Gasteiger partial charge in [0.05, 0.1) is 5.69 Å². The molecule has 98 valence electrons. The van der Waals surface area contributed by atoms with Crippen LogP contribution in [0.2, 0.25) is 0 Å². The molecule has 2 fully saturated rings. The molecule has 1 N–H and O–H groups in total. The fourth-order valence-electron chi connectivity index (χ4n) is 2.35. The summed E-state index contributed by atoms with van der Waals surface area (Å²) >= 11 is 0. The Bertz CT molecular complexity index is 439. The van der Waals surface area contributed by atoms with Crippen LogP contribution in [0.5, 0.6) is 0 Å². The van der Waals surface area contributed by atoms with E-state index >= 15 is 0 Å². The molecule has 0 bridgehead atoms. The van der Waals surface area contributed by atoms with Gasteiger partial charge in [0.1, 0.15) is 6.54 Å². The lowest BCUT2D eigenvalue weighted by Crippen LogP contribution is -2.52. The van der Waals surface area contributed by atoms with Crippen molar-refractivity contribution in [1.82, 2.24) is 25.2 Å². The second kappa shape index (κ2) is 4.68. The van der Waals surface area contributed by atoms with Gasteiger partial charge in [-0.15, -0.1) is 5.10 Å². The van der Waals surface area contributed by atoms with E-state index in [2.05, 4.69) is 22.6 Å². The fraction of sp³-hybridized carbons (Fsp3) is 0.750. The van der Waals surface area contributed by atoms with Gasteiger partial charge in [0.25, 0.3) is 0 Å². The molecule has 1 unspecified atom stereocenters. The molecule has 0 radical (unpaired) electrons. The van der Waals surface area contributed by atoms with E-state index in [1.807, 2.05) is 11.1 Å². The molecular formula is C12H19N5O. The Kier molecular flexibility index (Phi) is 3.03. The van der Waals surface area contributed by atoms with Gasteiger partial charge in [0.15, 0.2) is 0 Å². The molecule has 1 amide bonds. The first-order chi connectivity index (χ1) is 8.72. The zero-order valence-electron chi connectivity index (χ0n) is 10.7. The number of carbonyl (C=O) groups excluding carboxylic acids is 1. The number of hydrogen-bond donors (Lipinski definition) is 1. The SMILES string of the molecule is CC1CN(C(=O)Cn2cc(C3CC3)nn2)CCN1. The molecule has 1 aromatic rings. The molecule has 2 aliphatic rings. The van der Waals surface area contributed by atoms with Crippen LogP contribution in [0.25, 0.3) is 0 Å². The number of aromatic nitrogens is 3. The van der Waals surface area contributed by atoms with E-state index in [1.165, 1.54) is 12.8 Å². The molecule has 2 heterocycles. The van der Waals surface area contributed by atoms with Crippen LogP contribution >= 0.6 is 0 Å². The molecule has 0 aromatic carbocycles. The van der Waals surface area contributed by atoms with Gasteiger partial charge in [0, 0.05) is 37.8 Å². The Labute approximate surface area is 106 Å². The van der Waals surface area contributed by atoms with Gasteiger partial charge in [-0.1, -0.05) is 5.21 Å². The summed E-state index contributed by atoms with van der Waals surface area (Å²) in [5.74, 6) is 0.726. The van der Waals surface area contributed by atoms with Crippen LogP contribution in [0.1, 0.15) is 31.4 Å². The van der Waals surface area contributed by atoms with Crippen molar-refractivity contribution in [1.29, 1.82) is 0 Å². The number of rotatable bonds is 3. The predicted molar refractivity (Wildman–Crippen MR) is 66.0 cm³/mol. The molecule has 6 heteroatoms. The summed E-state index contributed by atoms with van der Waals surface area (Å²) in [7, 11) is 0. The number of hydrogen-bond acceptors (Lipinski definition) is 4. The Balaban J connectivity index is 1.58. The molecule has 1 aromatic heterocycles. The van der Waals surface area contributed by atoms with Crippen LogP contribution in [0.4, 0.5) is 0 Å². The van der Waals surface area contributed by atoms with E-state index in [1.54, 1.807) is 4.68 Å². The Morgan fingerprint density at radius 2 is 2.39 bits per heavy atom. The van der Waals surface area contributed by atoms with Crippen LogP contribution in [-0.4, -0.2) is 51.5 Å². The molecule has 1 aliphatic carbocycles. The lowest BCUT2D eigenvalue weighted by atomic mass is 10.2. The third-order valence-corrected chi connectivity index (χ3v) is 3.57. The molecule has 1 saturated heterocycles. The van der Waals surface area contributed by atoms with Gasteiger partial charge >= 0.3 is 0 Å². The summed E-state index contributed by atoms with van der Waals surface area (Å²) in [4.78, 5) is 14.0. The summed E-state index contributed by atoms with van der Waals surface area (Å²) in [5, 5.41) is 11.5. The van der Waals surface area contributed by atoms with Crippen LogP contribution in [0, 0.1) is 0 Å². The van der Waals surface area contributed by atoms with Crippen molar-refractivity contribution >= 4 is 5.91 Å². The Morgan fingerprint density at radius 1 is 1.56 bits per heavy atom. The Morgan fingerprint density at radius 3 is 3.11 bits per heavy atom. The smallest absolute Gasteiger partial charge is 0.244 e. The lowest BCUT2D eigenvalue weighted by molar-refractivity contribution is -0.133. The largest absolute Gasteiger partial charge is 0.338 e. The molecule has 1 aliphatic heterocycles. The molecule has 1 atom stereocenters. The summed E-state index contributed by atoms with van der Waals surface area (Å²) in [6.45, 7) is 4.85. The molecule has 3 rings (SSSR count). The van der Waals surface area contributed by atoms with E-state index in [4.69, 9.17) is 0 Å². The summed E-state index contributed by atoms with van der Waals surface area (Å²) in [6.07, 6.45) is 4.34. The first-order valence-electron chi connectivity index (χ1n) is 6.63. The maximum Gasteiger partial charge on any atom is 0.244 e. The monoisotopic (exact) mass is 249 g/mol. The molecule has 6 nitrogen and oxygen atoms in total. The number of nitrogens with one attached hydrogen (secondary N) is 1. The van der Waals surface area contributed by atoms with E-state index in [0.717, 1.165) is 25.3 Å². The van der Waals surface area contributed by atoms with E-state index in [-0.39, 0.29) is 5.91 Å². The summed E-state index contributed by atoms with van der Waals surface area (Å²) in [6, 6.07) is 0.375. The third-order valence-electron chi connectivity index (χ3n) is 3.57. The first-order valence-corrected chi connectivity index (χ1v) is 6.63. The number of amides is 1. The van der Waals surface area contributed by atoms with Gasteiger partial charge in [0.2, 0.25) is 5.91 Å². The minimum atomic E-state index is 0.135. The quantitative estimate of drug-likeness (QED) is 0.817. The highest BCUT2D eigenvalue weighted by Crippen LogP contribution is 2.38. The van der Waals surface area contributed by atoms with Crippen molar-refractivity contribution in [3.63, 3.8) is 0 Å². The third kappa shape index (κ3) is 2.53. The van der Waals surface area contributed by atoms with Crippen molar-refractivity contribution in [3.05, 3.63) is 11.9 Å².